The van der Waals surface area contributed by atoms with Gasteiger partial charge >= 0.3 is 0 Å². The van der Waals surface area contributed by atoms with E-state index < -0.39 is 0 Å². The number of aryl methyl sites for hydroxylation is 1. The van der Waals surface area contributed by atoms with Crippen molar-refractivity contribution in [3.8, 4) is 22.8 Å². The van der Waals surface area contributed by atoms with Crippen molar-refractivity contribution in [2.24, 2.45) is 0 Å². The van der Waals surface area contributed by atoms with Crippen LogP contribution in [0.3, 0.4) is 0 Å². The third-order valence-corrected chi connectivity index (χ3v) is 4.46. The first-order valence-corrected chi connectivity index (χ1v) is 9.21. The van der Waals surface area contributed by atoms with Crippen molar-refractivity contribution in [2.75, 3.05) is 19.3 Å². The van der Waals surface area contributed by atoms with Gasteiger partial charge in [-0.2, -0.15) is 5.10 Å². The molecule has 0 saturated heterocycles. The third kappa shape index (κ3) is 3.65. The molecule has 0 radical (unpaired) electrons. The molecule has 0 saturated carbocycles. The Balaban J connectivity index is 1.66. The second-order valence-electron chi connectivity index (χ2n) is 6.43. The van der Waals surface area contributed by atoms with E-state index in [-0.39, 0.29) is 0 Å². The number of ether oxygens (including phenoxy) is 1. The van der Waals surface area contributed by atoms with Gasteiger partial charge in [0.05, 0.1) is 5.39 Å². The second kappa shape index (κ2) is 8.06. The van der Waals surface area contributed by atoms with Crippen LogP contribution in [0.15, 0.2) is 60.9 Å². The molecule has 0 bridgehead atoms. The minimum Gasteiger partial charge on any atom is -0.457 e. The van der Waals surface area contributed by atoms with E-state index in [0.717, 1.165) is 53.3 Å². The number of hydrogen-bond donors (Lipinski definition) is 2. The fourth-order valence-electron chi connectivity index (χ4n) is 3.10. The van der Waals surface area contributed by atoms with Gasteiger partial charge in [-0.05, 0) is 56.4 Å². The molecule has 2 aromatic heterocycles. The quantitative estimate of drug-likeness (QED) is 0.481. The average molecular weight is 374 g/mol. The minimum absolute atomic E-state index is 0.435. The van der Waals surface area contributed by atoms with Crippen LogP contribution in [0.5, 0.6) is 11.5 Å². The predicted octanol–water partition coefficient (Wildman–Crippen LogP) is 3.48. The van der Waals surface area contributed by atoms with Gasteiger partial charge in [0, 0.05) is 12.1 Å². The number of nitrogens with zero attached hydrogens (tertiary/aromatic N) is 4. The largest absolute Gasteiger partial charge is 0.457 e. The van der Waals surface area contributed by atoms with Crippen molar-refractivity contribution in [3.05, 3.63) is 60.9 Å². The van der Waals surface area contributed by atoms with Crippen LogP contribution in [0, 0.1) is 0 Å². The summed E-state index contributed by atoms with van der Waals surface area (Å²) in [4.78, 5) is 8.56. The zero-order valence-electron chi connectivity index (χ0n) is 15.7. The van der Waals surface area contributed by atoms with E-state index in [9.17, 15) is 0 Å². The first kappa shape index (κ1) is 17.9. The Labute approximate surface area is 163 Å². The van der Waals surface area contributed by atoms with Crippen molar-refractivity contribution >= 4 is 16.9 Å². The Bertz CT molecular complexity index is 1060. The molecule has 3 N–H and O–H groups in total. The molecule has 7 nitrogen and oxygen atoms in total. The van der Waals surface area contributed by atoms with Gasteiger partial charge in [-0.15, -0.1) is 0 Å². The highest BCUT2D eigenvalue weighted by molar-refractivity contribution is 5.98. The minimum atomic E-state index is 0.435. The van der Waals surface area contributed by atoms with Gasteiger partial charge in [0.1, 0.15) is 29.3 Å². The summed E-state index contributed by atoms with van der Waals surface area (Å²) in [6.45, 7) is 1.66. The Morgan fingerprint density at radius 2 is 1.75 bits per heavy atom. The van der Waals surface area contributed by atoms with Crippen molar-refractivity contribution in [1.29, 1.82) is 0 Å². The van der Waals surface area contributed by atoms with Crippen LogP contribution in [0.2, 0.25) is 0 Å². The smallest absolute Gasteiger partial charge is 0.163 e. The molecular weight excluding hydrogens is 352 g/mol. The third-order valence-electron chi connectivity index (χ3n) is 4.46. The maximum Gasteiger partial charge on any atom is 0.163 e. The molecule has 7 heteroatoms. The van der Waals surface area contributed by atoms with Gasteiger partial charge in [0.2, 0.25) is 0 Å². The lowest BCUT2D eigenvalue weighted by atomic mass is 10.1. The van der Waals surface area contributed by atoms with Crippen LogP contribution in [0.1, 0.15) is 6.42 Å². The molecule has 2 heterocycles. The summed E-state index contributed by atoms with van der Waals surface area (Å²) in [6, 6.07) is 17.5. The normalized spacial score (nSPS) is 11.0. The molecule has 0 spiro atoms. The number of hydrogen-bond acceptors (Lipinski definition) is 6. The summed E-state index contributed by atoms with van der Waals surface area (Å²) in [6.07, 6.45) is 2.43. The van der Waals surface area contributed by atoms with Crippen LogP contribution < -0.4 is 15.8 Å². The number of rotatable bonds is 7. The number of fused-ring (bicyclic) bond motifs is 1. The molecule has 0 unspecified atom stereocenters. The first-order valence-electron chi connectivity index (χ1n) is 9.21. The maximum atomic E-state index is 6.15. The Morgan fingerprint density at radius 3 is 2.50 bits per heavy atom. The van der Waals surface area contributed by atoms with Crippen LogP contribution in [-0.2, 0) is 6.54 Å². The highest BCUT2D eigenvalue weighted by Gasteiger charge is 2.16. The van der Waals surface area contributed by atoms with Crippen molar-refractivity contribution < 1.29 is 4.74 Å². The van der Waals surface area contributed by atoms with E-state index in [1.807, 2.05) is 66.3 Å². The van der Waals surface area contributed by atoms with Gasteiger partial charge in [-0.25, -0.2) is 14.6 Å². The zero-order chi connectivity index (χ0) is 19.3. The van der Waals surface area contributed by atoms with E-state index in [4.69, 9.17) is 15.6 Å². The summed E-state index contributed by atoms with van der Waals surface area (Å²) >= 11 is 0. The molecular formula is C21H22N6O. The lowest BCUT2D eigenvalue weighted by Crippen LogP contribution is -2.12. The van der Waals surface area contributed by atoms with Crippen molar-refractivity contribution in [2.45, 2.75) is 13.0 Å². The summed E-state index contributed by atoms with van der Waals surface area (Å²) in [7, 11) is 1.94. The molecule has 142 valence electrons. The van der Waals surface area contributed by atoms with Crippen LogP contribution in [0.4, 0.5) is 5.82 Å². The van der Waals surface area contributed by atoms with E-state index in [0.29, 0.717) is 5.82 Å². The molecule has 0 atom stereocenters. The number of aromatic nitrogens is 4. The zero-order valence-corrected chi connectivity index (χ0v) is 15.7. The maximum absolute atomic E-state index is 6.15. The van der Waals surface area contributed by atoms with Crippen LogP contribution in [0.25, 0.3) is 22.3 Å². The van der Waals surface area contributed by atoms with E-state index in [1.165, 1.54) is 6.33 Å². The topological polar surface area (TPSA) is 90.9 Å². The molecule has 4 rings (SSSR count). The highest BCUT2D eigenvalue weighted by atomic mass is 16.5. The standard InChI is InChI=1S/C21H22N6O/c1-23-12-5-13-27-21-18(20(22)24-14-25-21)19(26-27)15-8-10-17(11-9-15)28-16-6-3-2-4-7-16/h2-4,6-11,14,23H,5,12-13H2,1H3,(H2,22,24,25). The van der Waals surface area contributed by atoms with Gasteiger partial charge < -0.3 is 15.8 Å². The predicted molar refractivity (Wildman–Crippen MR) is 110 cm³/mol. The van der Waals surface area contributed by atoms with E-state index >= 15 is 0 Å². The van der Waals surface area contributed by atoms with Gasteiger partial charge in [-0.3, -0.25) is 0 Å². The molecule has 28 heavy (non-hydrogen) atoms. The number of para-hydroxylation sites is 1. The Morgan fingerprint density at radius 1 is 1.00 bits per heavy atom. The molecule has 0 aliphatic heterocycles. The average Bonchev–Trinajstić information content (AvgIpc) is 3.10. The monoisotopic (exact) mass is 374 g/mol. The van der Waals surface area contributed by atoms with Gasteiger partial charge in [0.15, 0.2) is 5.65 Å². The number of anilines is 1. The van der Waals surface area contributed by atoms with E-state index in [1.54, 1.807) is 0 Å². The lowest BCUT2D eigenvalue weighted by Gasteiger charge is -2.06. The molecule has 0 amide bonds. The highest BCUT2D eigenvalue weighted by Crippen LogP contribution is 2.32. The van der Waals surface area contributed by atoms with E-state index in [2.05, 4.69) is 15.3 Å². The summed E-state index contributed by atoms with van der Waals surface area (Å²) < 4.78 is 7.77. The second-order valence-corrected chi connectivity index (χ2v) is 6.43. The summed E-state index contributed by atoms with van der Waals surface area (Å²) in [5, 5.41) is 8.70. The molecule has 0 aliphatic carbocycles. The Hall–Kier alpha value is -3.45. The molecule has 2 aromatic carbocycles. The molecule has 0 aliphatic rings. The van der Waals surface area contributed by atoms with Gasteiger partial charge in [0.25, 0.3) is 0 Å². The number of nitrogen functional groups attached to an aromatic ring is 1. The number of benzene rings is 2. The number of nitrogens with two attached hydrogens (primary N) is 1. The Kier molecular flexibility index (Phi) is 5.16. The molecule has 4 aromatic rings. The summed E-state index contributed by atoms with van der Waals surface area (Å²) in [5.74, 6) is 1.99. The fraction of sp³-hybridized carbons (Fsp3) is 0.190. The van der Waals surface area contributed by atoms with Gasteiger partial charge in [-0.1, -0.05) is 18.2 Å². The summed E-state index contributed by atoms with van der Waals surface area (Å²) in [5.41, 5.74) is 8.63. The van der Waals surface area contributed by atoms with Crippen molar-refractivity contribution in [3.63, 3.8) is 0 Å². The fourth-order valence-corrected chi connectivity index (χ4v) is 3.10. The van der Waals surface area contributed by atoms with Crippen LogP contribution >= 0.6 is 0 Å². The molecule has 0 fully saturated rings. The first-order chi connectivity index (χ1) is 13.8. The number of nitrogens with one attached hydrogen (secondary N) is 1. The van der Waals surface area contributed by atoms with Crippen molar-refractivity contribution in [1.82, 2.24) is 25.1 Å². The van der Waals surface area contributed by atoms with Crippen LogP contribution in [-0.4, -0.2) is 33.3 Å². The SMILES string of the molecule is CNCCCn1nc(-c2ccc(Oc3ccccc3)cc2)c2c(N)ncnc21. The lowest BCUT2D eigenvalue weighted by molar-refractivity contribution is 0.483.